The Kier molecular flexibility index (Phi) is 111. The van der Waals surface area contributed by atoms with Crippen LogP contribution in [-0.4, -0.2) is 216 Å². The van der Waals surface area contributed by atoms with Crippen molar-refractivity contribution >= 4 is 169 Å². The van der Waals surface area contributed by atoms with Crippen LogP contribution in [0.5, 0.6) is 0 Å². The van der Waals surface area contributed by atoms with E-state index < -0.39 is 0 Å². The van der Waals surface area contributed by atoms with Crippen LogP contribution in [0.3, 0.4) is 0 Å². The van der Waals surface area contributed by atoms with Crippen LogP contribution in [0.4, 0.5) is 0 Å². The number of amides is 3. The van der Waals surface area contributed by atoms with Crippen molar-refractivity contribution in [2.75, 3.05) is 41.0 Å². The van der Waals surface area contributed by atoms with Crippen LogP contribution < -0.4 is 79.1 Å². The molecule has 0 aromatic rings. The summed E-state index contributed by atoms with van der Waals surface area (Å²) in [5.74, 6) is 8.26. The molecule has 3 amide bonds. The van der Waals surface area contributed by atoms with Gasteiger partial charge in [0.15, 0.2) is 6.61 Å². The van der Waals surface area contributed by atoms with E-state index in [0.717, 1.165) is 12.6 Å². The summed E-state index contributed by atoms with van der Waals surface area (Å²) in [5, 5.41) is 9.73. The first-order valence-electron chi connectivity index (χ1n) is 12.5. The maximum absolute atomic E-state index is 10.6. The third-order valence-corrected chi connectivity index (χ3v) is 2.24. The molecule has 0 radical (unpaired) electrons. The van der Waals surface area contributed by atoms with E-state index in [1.54, 1.807) is 6.92 Å². The fraction of sp³-hybridized carbons (Fsp3) is 0.667. The van der Waals surface area contributed by atoms with Gasteiger partial charge in [0, 0.05) is 27.6 Å². The van der Waals surface area contributed by atoms with Crippen LogP contribution in [0.25, 0.3) is 0 Å². The zero-order chi connectivity index (χ0) is 34.7. The van der Waals surface area contributed by atoms with Crippen molar-refractivity contribution in [3.63, 3.8) is 0 Å². The Bertz CT molecular complexity index is 583. The first-order valence-corrected chi connectivity index (χ1v) is 44.5. The number of hydrogen-bond acceptors (Lipinski definition) is 13. The summed E-state index contributed by atoms with van der Waals surface area (Å²) in [6, 6.07) is 0. The third kappa shape index (κ3) is 111. The summed E-state index contributed by atoms with van der Waals surface area (Å²) in [6.07, 6.45) is 1.96. The molecule has 0 saturated carbocycles. The van der Waals surface area contributed by atoms with E-state index in [1.165, 1.54) is 161 Å². The van der Waals surface area contributed by atoms with Crippen molar-refractivity contribution in [1.82, 2.24) is 16.0 Å². The van der Waals surface area contributed by atoms with Crippen molar-refractivity contribution in [1.29, 1.82) is 0 Å². The Hall–Kier alpha value is 4.71. The Morgan fingerprint density at radius 2 is 1.05 bits per heavy atom. The molecular weight excluding hydrogens is 692 g/mol. The summed E-state index contributed by atoms with van der Waals surface area (Å²) in [6.45, 7) is 14.6. The molecule has 0 saturated heterocycles. The van der Waals surface area contributed by atoms with E-state index >= 15 is 0 Å². The third-order valence-electron chi connectivity index (χ3n) is 2.24. The molecule has 0 aromatic heterocycles. The van der Waals surface area contributed by atoms with E-state index in [0.29, 0.717) is 6.42 Å². The second-order valence-corrected chi connectivity index (χ2v) is 6.43. The Balaban J connectivity index is -0.0000000445. The van der Waals surface area contributed by atoms with Crippen LogP contribution in [0.15, 0.2) is 5.16 Å². The van der Waals surface area contributed by atoms with Crippen LogP contribution in [0.2, 0.25) is 0 Å². The molecule has 16 nitrogen and oxygen atoms in total. The summed E-state index contributed by atoms with van der Waals surface area (Å²) in [4.78, 5) is 70.8. The molecule has 0 bridgehead atoms. The van der Waals surface area contributed by atoms with Crippen molar-refractivity contribution in [2.45, 2.75) is 53.6 Å². The number of nitrogens with one attached hydrogen (secondary N) is 3. The number of rotatable bonds is 8. The molecule has 0 unspecified atom stereocenters. The minimum absolute atomic E-state index is 0. The SMILES string of the molecule is CC=O.CC=O.CCC(=O)OC(C)(C)C.CNC(=O)CON.CNC(=O)CON.[CH-]=NOCC(=O)NC.[K+].[K][K].[K][K]. The van der Waals surface area contributed by atoms with Crippen molar-refractivity contribution in [3.8, 4) is 0 Å². The van der Waals surface area contributed by atoms with E-state index in [9.17, 15) is 19.2 Å². The van der Waals surface area contributed by atoms with Crippen molar-refractivity contribution in [3.05, 3.63) is 0 Å². The van der Waals surface area contributed by atoms with Crippen molar-refractivity contribution < 1.29 is 99.4 Å². The number of hydrogen-bond donors (Lipinski definition) is 5. The first kappa shape index (κ1) is 68.6. The van der Waals surface area contributed by atoms with E-state index in [2.05, 4.69) is 54.1 Å². The molecule has 224 valence electrons. The average molecular weight is 737 g/mol. The average Bonchev–Trinajstić information content (AvgIpc) is 2.95. The molecule has 0 heterocycles. The molecule has 0 atom stereocenters. The summed E-state index contributed by atoms with van der Waals surface area (Å²) < 4.78 is 4.95. The molecular formula is C21H45K5N6O10. The maximum atomic E-state index is 10.6. The van der Waals surface area contributed by atoms with Gasteiger partial charge in [-0.25, -0.2) is 11.8 Å². The minimum atomic E-state index is -0.326. The Morgan fingerprint density at radius 1 is 0.786 bits per heavy atom. The van der Waals surface area contributed by atoms with Gasteiger partial charge in [-0.15, -0.1) is 0 Å². The van der Waals surface area contributed by atoms with Crippen LogP contribution in [0, 0.1) is 0 Å². The molecule has 0 fully saturated rings. The number of carbonyl (C=O) groups excluding carboxylic acids is 6. The Morgan fingerprint density at radius 3 is 1.17 bits per heavy atom. The van der Waals surface area contributed by atoms with Crippen LogP contribution in [0.1, 0.15) is 48.0 Å². The monoisotopic (exact) mass is 736 g/mol. The molecule has 0 aliphatic rings. The molecule has 0 rings (SSSR count). The number of ether oxygens (including phenoxy) is 1. The number of aldehydes is 2. The fourth-order valence-electron chi connectivity index (χ4n) is 0.877. The molecule has 0 aliphatic carbocycles. The van der Waals surface area contributed by atoms with Crippen LogP contribution >= 0.6 is 0 Å². The second kappa shape index (κ2) is 67.8. The summed E-state index contributed by atoms with van der Waals surface area (Å²) in [7, 11) is 4.53. The van der Waals surface area contributed by atoms with Gasteiger partial charge in [0.2, 0.25) is 11.8 Å². The van der Waals surface area contributed by atoms with Gasteiger partial charge in [0.25, 0.3) is 5.91 Å². The predicted molar refractivity (Wildman–Crippen MR) is 160 cm³/mol. The quantitative estimate of drug-likeness (QED) is 0.0391. The molecule has 42 heavy (non-hydrogen) atoms. The van der Waals surface area contributed by atoms with Gasteiger partial charge in [0.05, 0.1) is 0 Å². The van der Waals surface area contributed by atoms with Gasteiger partial charge in [0.1, 0.15) is 31.4 Å². The van der Waals surface area contributed by atoms with E-state index in [-0.39, 0.29) is 100 Å². The number of carbonyl (C=O) groups is 6. The number of likely N-dealkylation sites (N-methyl/N-ethyl adjacent to an activating group) is 3. The van der Waals surface area contributed by atoms with Crippen LogP contribution in [-0.2, 0) is 48.0 Å². The fourth-order valence-corrected chi connectivity index (χ4v) is 0.877. The van der Waals surface area contributed by atoms with Crippen molar-refractivity contribution in [2.24, 2.45) is 16.9 Å². The molecule has 21 heteroatoms. The standard InChI is InChI=1S/C7H14O2.C4H7N2O2.2C3H8N2O2.2C2H4O.5K/c1-5-6(8)9-7(2,3)4;1-5-4(7)3-8-6-2;2*1-5-3(6)2-7-4;2*1-2-3;;;;;/h5H2,1-4H3;2H,3H2,1H3,(H,5,7);2*2,4H2,1H3,(H,5,6);2*2H,1H3;;;;;/q;-1;;;;;;;;;+1. The van der Waals surface area contributed by atoms with Gasteiger partial charge < -0.3 is 47.0 Å². The predicted octanol–water partition coefficient (Wildman–Crippen LogP) is -5.88. The Labute approximate surface area is 384 Å². The van der Waals surface area contributed by atoms with E-state index in [4.69, 9.17) is 14.3 Å². The molecule has 0 spiro atoms. The van der Waals surface area contributed by atoms with Gasteiger partial charge >= 0.3 is 184 Å². The number of nitrogens with two attached hydrogens (primary N) is 2. The van der Waals surface area contributed by atoms with Gasteiger partial charge in [-0.3, -0.25) is 28.9 Å². The topological polar surface area (TPSA) is 240 Å². The number of nitrogens with zero attached hydrogens (tertiary/aromatic N) is 1. The van der Waals surface area contributed by atoms with Gasteiger partial charge in [-0.05, 0) is 34.6 Å². The molecule has 0 aromatic carbocycles. The zero-order valence-electron chi connectivity index (χ0n) is 28.2. The van der Waals surface area contributed by atoms with Gasteiger partial charge in [-0.2, -0.15) is 0 Å². The molecule has 7 N–H and O–H groups in total. The van der Waals surface area contributed by atoms with E-state index in [1.807, 2.05) is 20.8 Å². The second-order valence-electron chi connectivity index (χ2n) is 6.43. The van der Waals surface area contributed by atoms with Gasteiger partial charge in [-0.1, -0.05) is 6.92 Å². The number of esters is 1. The normalized spacial score (nSPS) is 7.60. The summed E-state index contributed by atoms with van der Waals surface area (Å²) in [5.41, 5.74) is -0.326. The summed E-state index contributed by atoms with van der Waals surface area (Å²) >= 11 is 5.00. The molecule has 0 aliphatic heterocycles. The first-order chi connectivity index (χ1) is 19.2. The zero-order valence-corrected chi connectivity index (χ0v) is 43.9.